The van der Waals surface area contributed by atoms with E-state index >= 15 is 0 Å². The van der Waals surface area contributed by atoms with Crippen molar-refractivity contribution in [2.45, 2.75) is 33.1 Å². The molecule has 2 aromatic heterocycles. The molecule has 144 valence electrons. The number of aryl methyl sites for hydroxylation is 3. The Morgan fingerprint density at radius 3 is 2.45 bits per heavy atom. The number of carbonyl (C=O) groups is 1. The lowest BCUT2D eigenvalue weighted by Gasteiger charge is -2.24. The topological polar surface area (TPSA) is 72.7 Å². The molecule has 1 aliphatic heterocycles. The molecule has 6 nitrogen and oxygen atoms in total. The molecule has 3 heterocycles. The first-order valence-electron chi connectivity index (χ1n) is 9.70. The van der Waals surface area contributed by atoms with Crippen molar-refractivity contribution in [2.24, 2.45) is 0 Å². The van der Waals surface area contributed by atoms with E-state index in [0.29, 0.717) is 18.2 Å². The molecular formula is C23H21N5O. The van der Waals surface area contributed by atoms with Crippen molar-refractivity contribution in [2.75, 3.05) is 5.32 Å². The summed E-state index contributed by atoms with van der Waals surface area (Å²) >= 11 is 0. The van der Waals surface area contributed by atoms with Gasteiger partial charge in [0.1, 0.15) is 5.82 Å². The SMILES string of the molecule is Cc1cc(C)nc(-n2nc(C)c3c2NC(=O)C[C@@H]3c2ccc3ccccc3c2)n1. The maximum atomic E-state index is 12.6. The Bertz CT molecular complexity index is 1250. The highest BCUT2D eigenvalue weighted by molar-refractivity contribution is 5.95. The Kier molecular flexibility index (Phi) is 3.94. The molecular weight excluding hydrogens is 362 g/mol. The third-order valence-electron chi connectivity index (χ3n) is 5.44. The number of carbonyl (C=O) groups excluding carboxylic acids is 1. The molecule has 0 spiro atoms. The van der Waals surface area contributed by atoms with E-state index in [1.54, 1.807) is 4.68 Å². The number of anilines is 1. The molecule has 1 atom stereocenters. The Morgan fingerprint density at radius 2 is 1.69 bits per heavy atom. The van der Waals surface area contributed by atoms with Crippen molar-refractivity contribution >= 4 is 22.5 Å². The number of rotatable bonds is 2. The van der Waals surface area contributed by atoms with Gasteiger partial charge in [-0.2, -0.15) is 9.78 Å². The quantitative estimate of drug-likeness (QED) is 0.563. The summed E-state index contributed by atoms with van der Waals surface area (Å²) in [4.78, 5) is 21.7. The van der Waals surface area contributed by atoms with Crippen molar-refractivity contribution in [1.82, 2.24) is 19.7 Å². The summed E-state index contributed by atoms with van der Waals surface area (Å²) in [6.45, 7) is 5.83. The number of fused-ring (bicyclic) bond motifs is 2. The maximum Gasteiger partial charge on any atom is 0.252 e. The van der Waals surface area contributed by atoms with Crippen molar-refractivity contribution in [3.05, 3.63) is 76.7 Å². The van der Waals surface area contributed by atoms with Crippen LogP contribution < -0.4 is 5.32 Å². The van der Waals surface area contributed by atoms with Gasteiger partial charge in [0.05, 0.1) is 5.69 Å². The van der Waals surface area contributed by atoms with E-state index in [9.17, 15) is 4.79 Å². The van der Waals surface area contributed by atoms with Crippen LogP contribution in [-0.2, 0) is 4.79 Å². The lowest BCUT2D eigenvalue weighted by Crippen LogP contribution is -2.25. The zero-order valence-corrected chi connectivity index (χ0v) is 16.6. The van der Waals surface area contributed by atoms with Gasteiger partial charge in [-0.25, -0.2) is 9.97 Å². The van der Waals surface area contributed by atoms with Gasteiger partial charge in [0.2, 0.25) is 5.91 Å². The molecule has 0 aliphatic carbocycles. The second-order valence-corrected chi connectivity index (χ2v) is 7.62. The minimum Gasteiger partial charge on any atom is -0.310 e. The zero-order valence-electron chi connectivity index (χ0n) is 16.6. The van der Waals surface area contributed by atoms with Crippen LogP contribution in [0.1, 0.15) is 40.5 Å². The third kappa shape index (κ3) is 2.97. The van der Waals surface area contributed by atoms with E-state index in [1.165, 1.54) is 10.8 Å². The molecule has 2 aromatic carbocycles. The largest absolute Gasteiger partial charge is 0.310 e. The molecule has 1 aliphatic rings. The van der Waals surface area contributed by atoms with Crippen LogP contribution in [0.15, 0.2) is 48.5 Å². The first-order chi connectivity index (χ1) is 14.0. The summed E-state index contributed by atoms with van der Waals surface area (Å²) in [6.07, 6.45) is 0.394. The fraction of sp³-hybridized carbons (Fsp3) is 0.217. The minimum atomic E-state index is -0.0528. The van der Waals surface area contributed by atoms with E-state index < -0.39 is 0 Å². The molecule has 0 unspecified atom stereocenters. The summed E-state index contributed by atoms with van der Waals surface area (Å²) < 4.78 is 1.66. The molecule has 1 amide bonds. The van der Waals surface area contributed by atoms with Crippen LogP contribution in [0.5, 0.6) is 0 Å². The lowest BCUT2D eigenvalue weighted by molar-refractivity contribution is -0.116. The predicted octanol–water partition coefficient (Wildman–Crippen LogP) is 4.21. The van der Waals surface area contributed by atoms with Crippen molar-refractivity contribution in [3.63, 3.8) is 0 Å². The first-order valence-corrected chi connectivity index (χ1v) is 9.70. The summed E-state index contributed by atoms with van der Waals surface area (Å²) in [5.41, 5.74) is 4.75. The molecule has 0 fully saturated rings. The first kappa shape index (κ1) is 17.6. The Hall–Kier alpha value is -3.54. The van der Waals surface area contributed by atoms with Crippen molar-refractivity contribution in [1.29, 1.82) is 0 Å². The van der Waals surface area contributed by atoms with E-state index in [-0.39, 0.29) is 11.8 Å². The fourth-order valence-corrected chi connectivity index (χ4v) is 4.20. The highest BCUT2D eigenvalue weighted by Crippen LogP contribution is 2.40. The van der Waals surface area contributed by atoms with Gasteiger partial charge < -0.3 is 5.32 Å². The molecule has 29 heavy (non-hydrogen) atoms. The van der Waals surface area contributed by atoms with Crippen LogP contribution in [0.2, 0.25) is 0 Å². The van der Waals surface area contributed by atoms with Gasteiger partial charge in [0.15, 0.2) is 0 Å². The Balaban J connectivity index is 1.68. The summed E-state index contributed by atoms with van der Waals surface area (Å²) in [5, 5.41) is 10.1. The van der Waals surface area contributed by atoms with Crippen molar-refractivity contribution in [3.8, 4) is 5.95 Å². The van der Waals surface area contributed by atoms with E-state index in [0.717, 1.165) is 28.2 Å². The van der Waals surface area contributed by atoms with Crippen LogP contribution in [0, 0.1) is 20.8 Å². The standard InChI is InChI=1S/C23H21N5O/c1-13-10-14(2)25-23(24-13)28-22-21(15(3)27-28)19(12-20(29)26-22)18-9-8-16-6-4-5-7-17(16)11-18/h4-11,19H,12H2,1-3H3,(H,26,29)/t19-/m1/s1. The van der Waals surface area contributed by atoms with Crippen molar-refractivity contribution < 1.29 is 4.79 Å². The molecule has 0 radical (unpaired) electrons. The fourth-order valence-electron chi connectivity index (χ4n) is 4.20. The number of benzene rings is 2. The summed E-state index contributed by atoms with van der Waals surface area (Å²) in [5.74, 6) is 1.07. The molecule has 0 saturated heterocycles. The number of hydrogen-bond donors (Lipinski definition) is 1. The normalized spacial score (nSPS) is 16.0. The van der Waals surface area contributed by atoms with E-state index in [1.807, 2.05) is 39.0 Å². The monoisotopic (exact) mass is 383 g/mol. The minimum absolute atomic E-state index is 0.0267. The van der Waals surface area contributed by atoms with Gasteiger partial charge in [-0.15, -0.1) is 0 Å². The van der Waals surface area contributed by atoms with E-state index in [2.05, 4.69) is 45.6 Å². The van der Waals surface area contributed by atoms with Gasteiger partial charge in [0.25, 0.3) is 5.95 Å². The molecule has 0 bridgehead atoms. The average molecular weight is 383 g/mol. The van der Waals surface area contributed by atoms with Gasteiger partial charge in [-0.1, -0.05) is 42.5 Å². The van der Waals surface area contributed by atoms with Crippen LogP contribution in [0.3, 0.4) is 0 Å². The average Bonchev–Trinajstić information content (AvgIpc) is 3.02. The van der Waals surface area contributed by atoms with Crippen LogP contribution in [-0.4, -0.2) is 25.7 Å². The Morgan fingerprint density at radius 1 is 0.966 bits per heavy atom. The van der Waals surface area contributed by atoms with Gasteiger partial charge in [0, 0.05) is 29.3 Å². The van der Waals surface area contributed by atoms with Gasteiger partial charge in [-0.3, -0.25) is 4.79 Å². The van der Waals surface area contributed by atoms with Gasteiger partial charge >= 0.3 is 0 Å². The van der Waals surface area contributed by atoms with Crippen LogP contribution in [0.4, 0.5) is 5.82 Å². The zero-order chi connectivity index (χ0) is 20.1. The number of hydrogen-bond acceptors (Lipinski definition) is 4. The number of nitrogens with one attached hydrogen (secondary N) is 1. The van der Waals surface area contributed by atoms with E-state index in [4.69, 9.17) is 5.10 Å². The maximum absolute atomic E-state index is 12.6. The second-order valence-electron chi connectivity index (χ2n) is 7.62. The van der Waals surface area contributed by atoms with Crippen LogP contribution >= 0.6 is 0 Å². The molecule has 0 saturated carbocycles. The highest BCUT2D eigenvalue weighted by Gasteiger charge is 2.33. The molecule has 1 N–H and O–H groups in total. The predicted molar refractivity (Wildman–Crippen MR) is 112 cm³/mol. The number of nitrogens with zero attached hydrogens (tertiary/aromatic N) is 4. The molecule has 4 aromatic rings. The second kappa shape index (κ2) is 6.51. The lowest BCUT2D eigenvalue weighted by atomic mass is 9.85. The highest BCUT2D eigenvalue weighted by atomic mass is 16.1. The van der Waals surface area contributed by atoms with Gasteiger partial charge in [-0.05, 0) is 43.2 Å². The molecule has 6 heteroatoms. The molecule has 5 rings (SSSR count). The summed E-state index contributed by atoms with van der Waals surface area (Å²) in [7, 11) is 0. The number of amides is 1. The third-order valence-corrected chi connectivity index (χ3v) is 5.44. The Labute approximate surface area is 168 Å². The smallest absolute Gasteiger partial charge is 0.252 e. The van der Waals surface area contributed by atoms with Crippen LogP contribution in [0.25, 0.3) is 16.7 Å². The summed E-state index contributed by atoms with van der Waals surface area (Å²) in [6, 6.07) is 16.6. The number of aromatic nitrogens is 4.